The number of ether oxygens (including phenoxy) is 1. The molecule has 2 rings (SSSR count). The molecule has 2 atom stereocenters. The first-order valence-corrected chi connectivity index (χ1v) is 7.20. The van der Waals surface area contributed by atoms with E-state index in [1.54, 1.807) is 0 Å². The van der Waals surface area contributed by atoms with Crippen LogP contribution < -0.4 is 0 Å². The molecule has 5 nitrogen and oxygen atoms in total. The van der Waals surface area contributed by atoms with Gasteiger partial charge in [0.15, 0.2) is 0 Å². The lowest BCUT2D eigenvalue weighted by Crippen LogP contribution is -2.44. The number of hydrogen-bond acceptors (Lipinski definition) is 4. The molecular weight excluding hydrogens is 246 g/mol. The maximum Gasteiger partial charge on any atom is 0.328 e. The van der Waals surface area contributed by atoms with Crippen molar-refractivity contribution in [2.45, 2.75) is 57.1 Å². The number of methoxy groups -OCH3 is 1. The van der Waals surface area contributed by atoms with E-state index < -0.39 is 18.1 Å². The van der Waals surface area contributed by atoms with Crippen LogP contribution in [0.25, 0.3) is 0 Å². The van der Waals surface area contributed by atoms with Gasteiger partial charge in [-0.25, -0.2) is 4.79 Å². The van der Waals surface area contributed by atoms with Gasteiger partial charge in [0.1, 0.15) is 6.04 Å². The maximum atomic E-state index is 12.5. The van der Waals surface area contributed by atoms with E-state index in [9.17, 15) is 14.7 Å². The van der Waals surface area contributed by atoms with Crippen LogP contribution in [-0.2, 0) is 14.3 Å². The molecule has 2 unspecified atom stereocenters. The Balaban J connectivity index is 2.05. The monoisotopic (exact) mass is 269 g/mol. The number of amides is 1. The van der Waals surface area contributed by atoms with Crippen LogP contribution in [-0.4, -0.2) is 47.7 Å². The number of likely N-dealkylation sites (tertiary alicyclic amines) is 1. The Morgan fingerprint density at radius 3 is 2.37 bits per heavy atom. The number of rotatable bonds is 2. The van der Waals surface area contributed by atoms with Crippen molar-refractivity contribution in [3.05, 3.63) is 0 Å². The molecule has 5 heteroatoms. The summed E-state index contributed by atoms with van der Waals surface area (Å²) in [4.78, 5) is 25.8. The van der Waals surface area contributed by atoms with Crippen LogP contribution in [0.2, 0.25) is 0 Å². The summed E-state index contributed by atoms with van der Waals surface area (Å²) < 4.78 is 4.73. The number of aliphatic hydroxyl groups is 1. The molecule has 2 fully saturated rings. The Morgan fingerprint density at radius 1 is 1.16 bits per heavy atom. The first-order valence-electron chi connectivity index (χ1n) is 7.20. The normalized spacial score (nSPS) is 29.1. The van der Waals surface area contributed by atoms with Gasteiger partial charge in [-0.05, 0) is 12.8 Å². The SMILES string of the molecule is COC(=O)C1CC(O)CN1C(=O)C1CCCCCC1. The van der Waals surface area contributed by atoms with Gasteiger partial charge in [0.2, 0.25) is 5.91 Å². The Morgan fingerprint density at radius 2 is 1.79 bits per heavy atom. The smallest absolute Gasteiger partial charge is 0.328 e. The van der Waals surface area contributed by atoms with Crippen LogP contribution >= 0.6 is 0 Å². The lowest BCUT2D eigenvalue weighted by atomic mass is 9.98. The molecule has 108 valence electrons. The Hall–Kier alpha value is -1.10. The predicted molar refractivity (Wildman–Crippen MR) is 69.3 cm³/mol. The zero-order valence-corrected chi connectivity index (χ0v) is 11.5. The molecule has 0 radical (unpaired) electrons. The highest BCUT2D eigenvalue weighted by Gasteiger charge is 2.41. The van der Waals surface area contributed by atoms with Crippen molar-refractivity contribution in [1.29, 1.82) is 0 Å². The Kier molecular flexibility index (Phi) is 4.80. The van der Waals surface area contributed by atoms with Crippen molar-refractivity contribution in [1.82, 2.24) is 4.90 Å². The molecule has 0 spiro atoms. The second-order valence-corrected chi connectivity index (χ2v) is 5.61. The van der Waals surface area contributed by atoms with Crippen LogP contribution in [0, 0.1) is 5.92 Å². The van der Waals surface area contributed by atoms with E-state index in [0.29, 0.717) is 6.42 Å². The lowest BCUT2D eigenvalue weighted by Gasteiger charge is -2.26. The number of β-amino-alcohol motifs (C(OH)–C–C–N with tert-alkyl or cyclic N) is 1. The molecule has 0 bridgehead atoms. The summed E-state index contributed by atoms with van der Waals surface area (Å²) in [5, 5.41) is 9.72. The largest absolute Gasteiger partial charge is 0.467 e. The van der Waals surface area contributed by atoms with Crippen molar-refractivity contribution >= 4 is 11.9 Å². The van der Waals surface area contributed by atoms with Gasteiger partial charge in [0.05, 0.1) is 13.2 Å². The molecule has 2 aliphatic rings. The number of carbonyl (C=O) groups excluding carboxylic acids is 2. The van der Waals surface area contributed by atoms with E-state index in [2.05, 4.69) is 0 Å². The van der Waals surface area contributed by atoms with Crippen LogP contribution in [0.4, 0.5) is 0 Å². The molecule has 1 amide bonds. The average molecular weight is 269 g/mol. The fourth-order valence-corrected chi connectivity index (χ4v) is 3.18. The second kappa shape index (κ2) is 6.37. The standard InChI is InChI=1S/C14H23NO4/c1-19-14(18)12-8-11(16)9-15(12)13(17)10-6-4-2-3-5-7-10/h10-12,16H,2-9H2,1H3. The highest BCUT2D eigenvalue weighted by molar-refractivity contribution is 5.86. The number of esters is 1. The number of nitrogens with zero attached hydrogens (tertiary/aromatic N) is 1. The van der Waals surface area contributed by atoms with Gasteiger partial charge in [0.25, 0.3) is 0 Å². The molecule has 1 saturated heterocycles. The van der Waals surface area contributed by atoms with E-state index in [0.717, 1.165) is 25.7 Å². The first kappa shape index (κ1) is 14.3. The van der Waals surface area contributed by atoms with Gasteiger partial charge in [-0.15, -0.1) is 0 Å². The Bertz CT molecular complexity index is 336. The fourth-order valence-electron chi connectivity index (χ4n) is 3.18. The van der Waals surface area contributed by atoms with Crippen molar-refractivity contribution < 1.29 is 19.4 Å². The third kappa shape index (κ3) is 3.26. The van der Waals surface area contributed by atoms with E-state index in [1.807, 2.05) is 0 Å². The topological polar surface area (TPSA) is 66.8 Å². The third-order valence-corrected chi connectivity index (χ3v) is 4.24. The first-order chi connectivity index (χ1) is 9.13. The van der Waals surface area contributed by atoms with Gasteiger partial charge in [-0.3, -0.25) is 4.79 Å². The molecule has 1 aliphatic heterocycles. The van der Waals surface area contributed by atoms with Crippen molar-refractivity contribution in [2.75, 3.05) is 13.7 Å². The molecular formula is C14H23NO4. The molecule has 1 N–H and O–H groups in total. The summed E-state index contributed by atoms with van der Waals surface area (Å²) in [5.41, 5.74) is 0. The summed E-state index contributed by atoms with van der Waals surface area (Å²) >= 11 is 0. The fraction of sp³-hybridized carbons (Fsp3) is 0.857. The maximum absolute atomic E-state index is 12.5. The quantitative estimate of drug-likeness (QED) is 0.602. The van der Waals surface area contributed by atoms with E-state index in [1.165, 1.54) is 24.9 Å². The molecule has 1 saturated carbocycles. The second-order valence-electron chi connectivity index (χ2n) is 5.61. The molecule has 1 heterocycles. The van der Waals surface area contributed by atoms with Gasteiger partial charge in [0, 0.05) is 18.9 Å². The molecule has 19 heavy (non-hydrogen) atoms. The third-order valence-electron chi connectivity index (χ3n) is 4.24. The van der Waals surface area contributed by atoms with Crippen molar-refractivity contribution in [3.63, 3.8) is 0 Å². The van der Waals surface area contributed by atoms with Gasteiger partial charge in [-0.2, -0.15) is 0 Å². The van der Waals surface area contributed by atoms with Crippen LogP contribution in [0.3, 0.4) is 0 Å². The lowest BCUT2D eigenvalue weighted by molar-refractivity contribution is -0.152. The summed E-state index contributed by atoms with van der Waals surface area (Å²) in [7, 11) is 1.32. The molecule has 0 aromatic rings. The van der Waals surface area contributed by atoms with E-state index in [-0.39, 0.29) is 18.4 Å². The summed E-state index contributed by atoms with van der Waals surface area (Å²) in [6.45, 7) is 0.259. The van der Waals surface area contributed by atoms with E-state index in [4.69, 9.17) is 4.74 Å². The minimum absolute atomic E-state index is 0.0138. The average Bonchev–Trinajstić information content (AvgIpc) is 2.64. The number of hydrogen-bond donors (Lipinski definition) is 1. The van der Waals surface area contributed by atoms with Gasteiger partial charge >= 0.3 is 5.97 Å². The highest BCUT2D eigenvalue weighted by atomic mass is 16.5. The minimum atomic E-state index is -0.612. The predicted octanol–water partition coefficient (Wildman–Crippen LogP) is 1.09. The zero-order valence-electron chi connectivity index (χ0n) is 11.5. The van der Waals surface area contributed by atoms with E-state index >= 15 is 0 Å². The molecule has 1 aliphatic carbocycles. The highest BCUT2D eigenvalue weighted by Crippen LogP contribution is 2.28. The molecule has 0 aromatic carbocycles. The summed E-state index contributed by atoms with van der Waals surface area (Å²) in [6.07, 6.45) is 6.02. The van der Waals surface area contributed by atoms with Crippen LogP contribution in [0.5, 0.6) is 0 Å². The molecule has 0 aromatic heterocycles. The Labute approximate surface area is 113 Å². The minimum Gasteiger partial charge on any atom is -0.467 e. The number of aliphatic hydroxyl groups excluding tert-OH is 1. The van der Waals surface area contributed by atoms with Crippen LogP contribution in [0.15, 0.2) is 0 Å². The zero-order chi connectivity index (χ0) is 13.8. The summed E-state index contributed by atoms with van der Waals surface area (Å²) in [5.74, 6) is -0.382. The van der Waals surface area contributed by atoms with Crippen molar-refractivity contribution in [2.24, 2.45) is 5.92 Å². The van der Waals surface area contributed by atoms with Crippen LogP contribution in [0.1, 0.15) is 44.9 Å². The summed E-state index contributed by atoms with van der Waals surface area (Å²) in [6, 6.07) is -0.601. The number of carbonyl (C=O) groups is 2. The van der Waals surface area contributed by atoms with Gasteiger partial charge in [-0.1, -0.05) is 25.7 Å². The van der Waals surface area contributed by atoms with Crippen molar-refractivity contribution in [3.8, 4) is 0 Å². The van der Waals surface area contributed by atoms with Gasteiger partial charge < -0.3 is 14.7 Å².